The first kappa shape index (κ1) is 24.4. The average molecular weight is 494 g/mol. The van der Waals surface area contributed by atoms with Crippen molar-refractivity contribution in [2.24, 2.45) is 5.73 Å². The van der Waals surface area contributed by atoms with Gasteiger partial charge in [-0.2, -0.15) is 15.0 Å². The minimum atomic E-state index is 0.220. The van der Waals surface area contributed by atoms with Crippen LogP contribution in [0.5, 0.6) is 0 Å². The molecule has 4 heterocycles. The standard InChI is InChI=1S/C25H35N9O2/c1-19-27-20-7-4-5-8-21(20)34(19)25-29-23(28-24(30-25)33-15-17-36-18-16-33)32-13-11-31(12-14-32)22(35)9-3-2-6-10-26/h4-5,7-8H,2-3,6,9-18,26H2,1H3. The number of aryl methyl sites for hydroxylation is 1. The molecule has 2 fully saturated rings. The SMILES string of the molecule is Cc1nc2ccccc2n1-c1nc(N2CCOCC2)nc(N2CCN(C(=O)CCCCCN)CC2)n1. The fraction of sp³-hybridized carbons (Fsp3) is 0.560. The van der Waals surface area contributed by atoms with Gasteiger partial charge >= 0.3 is 0 Å². The number of hydrogen-bond donors (Lipinski definition) is 1. The molecule has 2 saturated heterocycles. The first-order chi connectivity index (χ1) is 17.6. The highest BCUT2D eigenvalue weighted by Gasteiger charge is 2.25. The highest BCUT2D eigenvalue weighted by atomic mass is 16.5. The molecule has 0 spiro atoms. The number of anilines is 2. The summed E-state index contributed by atoms with van der Waals surface area (Å²) in [4.78, 5) is 38.2. The predicted molar refractivity (Wildman–Crippen MR) is 139 cm³/mol. The van der Waals surface area contributed by atoms with Gasteiger partial charge < -0.3 is 25.2 Å². The summed E-state index contributed by atoms with van der Waals surface area (Å²) in [5, 5.41) is 0. The summed E-state index contributed by atoms with van der Waals surface area (Å²) in [5.41, 5.74) is 7.43. The van der Waals surface area contributed by atoms with Gasteiger partial charge in [0.1, 0.15) is 5.82 Å². The zero-order chi connectivity index (χ0) is 24.9. The van der Waals surface area contributed by atoms with Crippen LogP contribution < -0.4 is 15.5 Å². The predicted octanol–water partition coefficient (Wildman–Crippen LogP) is 1.52. The van der Waals surface area contributed by atoms with Gasteiger partial charge in [-0.15, -0.1) is 0 Å². The molecule has 11 heteroatoms. The van der Waals surface area contributed by atoms with Crippen LogP contribution in [0.2, 0.25) is 0 Å². The Labute approximate surface area is 211 Å². The minimum absolute atomic E-state index is 0.220. The average Bonchev–Trinajstić information content (AvgIpc) is 3.27. The molecule has 1 aromatic carbocycles. The minimum Gasteiger partial charge on any atom is -0.378 e. The van der Waals surface area contributed by atoms with Crippen molar-refractivity contribution >= 4 is 28.8 Å². The number of nitrogens with two attached hydrogens (primary N) is 1. The summed E-state index contributed by atoms with van der Waals surface area (Å²) in [6, 6.07) is 8.01. The van der Waals surface area contributed by atoms with Crippen molar-refractivity contribution in [1.82, 2.24) is 29.4 Å². The number of unbranched alkanes of at least 4 members (excludes halogenated alkanes) is 2. The van der Waals surface area contributed by atoms with E-state index in [9.17, 15) is 4.79 Å². The number of carbonyl (C=O) groups is 1. The number of benzene rings is 1. The molecule has 0 aliphatic carbocycles. The molecule has 0 radical (unpaired) electrons. The molecule has 0 atom stereocenters. The lowest BCUT2D eigenvalue weighted by Gasteiger charge is -2.35. The van der Waals surface area contributed by atoms with Crippen LogP contribution in [0.15, 0.2) is 24.3 Å². The molecule has 1 amide bonds. The maximum atomic E-state index is 12.6. The lowest BCUT2D eigenvalue weighted by Crippen LogP contribution is -2.49. The molecule has 0 unspecified atom stereocenters. The molecular weight excluding hydrogens is 458 g/mol. The van der Waals surface area contributed by atoms with Gasteiger partial charge in [-0.1, -0.05) is 18.6 Å². The monoisotopic (exact) mass is 493 g/mol. The summed E-state index contributed by atoms with van der Waals surface area (Å²) in [7, 11) is 0. The molecule has 5 rings (SSSR count). The van der Waals surface area contributed by atoms with Crippen molar-refractivity contribution in [1.29, 1.82) is 0 Å². The van der Waals surface area contributed by atoms with Crippen molar-refractivity contribution in [2.75, 3.05) is 68.8 Å². The summed E-state index contributed by atoms with van der Waals surface area (Å²) >= 11 is 0. The zero-order valence-corrected chi connectivity index (χ0v) is 21.0. The molecule has 36 heavy (non-hydrogen) atoms. The lowest BCUT2D eigenvalue weighted by atomic mass is 10.1. The van der Waals surface area contributed by atoms with Crippen molar-refractivity contribution in [3.05, 3.63) is 30.1 Å². The van der Waals surface area contributed by atoms with Crippen LogP contribution >= 0.6 is 0 Å². The van der Waals surface area contributed by atoms with Gasteiger partial charge in [0.2, 0.25) is 23.8 Å². The Bertz CT molecular complexity index is 1180. The van der Waals surface area contributed by atoms with Crippen LogP contribution in [0, 0.1) is 6.92 Å². The first-order valence-corrected chi connectivity index (χ1v) is 12.9. The summed E-state index contributed by atoms with van der Waals surface area (Å²) in [6.07, 6.45) is 3.46. The van der Waals surface area contributed by atoms with Crippen LogP contribution in [0.3, 0.4) is 0 Å². The third-order valence-corrected chi connectivity index (χ3v) is 6.83. The van der Waals surface area contributed by atoms with E-state index in [1.54, 1.807) is 0 Å². The molecule has 2 N–H and O–H groups in total. The molecule has 2 aromatic heterocycles. The highest BCUT2D eigenvalue weighted by molar-refractivity contribution is 5.78. The summed E-state index contributed by atoms with van der Waals surface area (Å²) in [6.45, 7) is 8.11. The summed E-state index contributed by atoms with van der Waals surface area (Å²) < 4.78 is 7.53. The van der Waals surface area contributed by atoms with E-state index >= 15 is 0 Å². The second kappa shape index (κ2) is 11.2. The van der Waals surface area contributed by atoms with Gasteiger partial charge in [-0.3, -0.25) is 9.36 Å². The van der Waals surface area contributed by atoms with Crippen molar-refractivity contribution < 1.29 is 9.53 Å². The van der Waals surface area contributed by atoms with Gasteiger partial charge in [0.15, 0.2) is 0 Å². The summed E-state index contributed by atoms with van der Waals surface area (Å²) in [5.74, 6) is 2.89. The van der Waals surface area contributed by atoms with Crippen molar-refractivity contribution in [3.8, 4) is 5.95 Å². The molecule has 0 saturated carbocycles. The number of fused-ring (bicyclic) bond motifs is 1. The smallest absolute Gasteiger partial charge is 0.242 e. The van der Waals surface area contributed by atoms with Gasteiger partial charge in [-0.25, -0.2) is 4.98 Å². The van der Waals surface area contributed by atoms with Crippen LogP contribution in [-0.2, 0) is 9.53 Å². The molecule has 2 aliphatic heterocycles. The molecule has 11 nitrogen and oxygen atoms in total. The van der Waals surface area contributed by atoms with E-state index in [1.165, 1.54) is 0 Å². The highest BCUT2D eigenvalue weighted by Crippen LogP contribution is 2.23. The number of aromatic nitrogens is 5. The van der Waals surface area contributed by atoms with Crippen LogP contribution in [0.4, 0.5) is 11.9 Å². The first-order valence-electron chi connectivity index (χ1n) is 12.9. The quantitative estimate of drug-likeness (QED) is 0.466. The van der Waals surface area contributed by atoms with Gasteiger partial charge in [-0.05, 0) is 38.4 Å². The number of rotatable bonds is 8. The maximum absolute atomic E-state index is 12.6. The fourth-order valence-corrected chi connectivity index (χ4v) is 4.80. The fourth-order valence-electron chi connectivity index (χ4n) is 4.80. The number of morpholine rings is 1. The number of amides is 1. The van der Waals surface area contributed by atoms with Crippen molar-refractivity contribution in [2.45, 2.75) is 32.6 Å². The van der Waals surface area contributed by atoms with Gasteiger partial charge in [0.25, 0.3) is 0 Å². The van der Waals surface area contributed by atoms with Gasteiger partial charge in [0, 0.05) is 45.7 Å². The van der Waals surface area contributed by atoms with Crippen molar-refractivity contribution in [3.63, 3.8) is 0 Å². The topological polar surface area (TPSA) is 119 Å². The Hall–Kier alpha value is -3.31. The third kappa shape index (κ3) is 5.26. The number of piperazine rings is 1. The second-order valence-corrected chi connectivity index (χ2v) is 9.29. The normalized spacial score (nSPS) is 16.7. The van der Waals surface area contributed by atoms with E-state index in [4.69, 9.17) is 30.4 Å². The molecule has 3 aromatic rings. The van der Waals surface area contributed by atoms with Crippen LogP contribution in [-0.4, -0.2) is 94.3 Å². The Balaban J connectivity index is 1.39. The molecule has 192 valence electrons. The third-order valence-electron chi connectivity index (χ3n) is 6.83. The van der Waals surface area contributed by atoms with E-state index in [-0.39, 0.29) is 5.91 Å². The molecule has 0 bridgehead atoms. The van der Waals surface area contributed by atoms with E-state index in [1.807, 2.05) is 40.7 Å². The maximum Gasteiger partial charge on any atom is 0.242 e. The second-order valence-electron chi connectivity index (χ2n) is 9.29. The Morgan fingerprint density at radius 2 is 1.53 bits per heavy atom. The Morgan fingerprint density at radius 1 is 0.861 bits per heavy atom. The number of carbonyl (C=O) groups excluding carboxylic acids is 1. The van der Waals surface area contributed by atoms with Crippen LogP contribution in [0.25, 0.3) is 17.0 Å². The number of hydrogen-bond acceptors (Lipinski definition) is 9. The molecular formula is C25H35N9O2. The molecule has 2 aliphatic rings. The number of imidazole rings is 1. The van der Waals surface area contributed by atoms with E-state index in [0.717, 1.165) is 49.2 Å². The Kier molecular flexibility index (Phi) is 7.57. The number of para-hydroxylation sites is 2. The number of ether oxygens (including phenoxy) is 1. The van der Waals surface area contributed by atoms with E-state index < -0.39 is 0 Å². The lowest BCUT2D eigenvalue weighted by molar-refractivity contribution is -0.131. The van der Waals surface area contributed by atoms with E-state index in [2.05, 4.69) is 9.80 Å². The zero-order valence-electron chi connectivity index (χ0n) is 21.0. The van der Waals surface area contributed by atoms with E-state index in [0.29, 0.717) is 70.2 Å². The largest absolute Gasteiger partial charge is 0.378 e. The number of nitrogens with zero attached hydrogens (tertiary/aromatic N) is 8. The van der Waals surface area contributed by atoms with Crippen LogP contribution in [0.1, 0.15) is 31.5 Å². The Morgan fingerprint density at radius 3 is 2.25 bits per heavy atom. The van der Waals surface area contributed by atoms with Gasteiger partial charge in [0.05, 0.1) is 24.2 Å².